The first-order chi connectivity index (χ1) is 11.3. The molecule has 1 N–H and O–H groups in total. The summed E-state index contributed by atoms with van der Waals surface area (Å²) in [5, 5.41) is 13.5. The van der Waals surface area contributed by atoms with Crippen molar-refractivity contribution in [2.75, 3.05) is 13.1 Å². The van der Waals surface area contributed by atoms with E-state index in [4.69, 9.17) is 11.6 Å². The molecule has 1 saturated heterocycles. The minimum atomic E-state index is 0.0756. The van der Waals surface area contributed by atoms with Crippen LogP contribution in [0.5, 0.6) is 0 Å². The molecule has 2 heterocycles. The summed E-state index contributed by atoms with van der Waals surface area (Å²) in [6.45, 7) is 2.48. The molecule has 0 spiro atoms. The fraction of sp³-hybridized carbons (Fsp3) is 0.588. The van der Waals surface area contributed by atoms with Crippen LogP contribution in [0.4, 0.5) is 0 Å². The third kappa shape index (κ3) is 2.66. The second-order valence-corrected chi connectivity index (χ2v) is 7.28. The van der Waals surface area contributed by atoms with Crippen molar-refractivity contribution in [3.8, 4) is 5.69 Å². The van der Waals surface area contributed by atoms with Crippen molar-refractivity contribution >= 4 is 11.6 Å². The highest BCUT2D eigenvalue weighted by molar-refractivity contribution is 6.30. The fourth-order valence-electron chi connectivity index (χ4n) is 4.44. The number of rotatable bonds is 3. The number of benzene rings is 1. The molecule has 1 saturated carbocycles. The van der Waals surface area contributed by atoms with E-state index >= 15 is 0 Å². The monoisotopic (exact) mass is 332 g/mol. The average molecular weight is 333 g/mol. The summed E-state index contributed by atoms with van der Waals surface area (Å²) in [5.74, 6) is 1.02. The SMILES string of the molecule is Clc1cccc(-n2nnnc2C2([NH+]3CCCCC3)CCCC2)c1. The molecule has 1 aliphatic heterocycles. The smallest absolute Gasteiger partial charge is 0.217 e. The molecule has 0 bridgehead atoms. The van der Waals surface area contributed by atoms with E-state index in [1.54, 1.807) is 4.90 Å². The number of tetrazole rings is 1. The molecule has 23 heavy (non-hydrogen) atoms. The van der Waals surface area contributed by atoms with Crippen LogP contribution in [0, 0.1) is 0 Å². The normalized spacial score (nSPS) is 21.6. The van der Waals surface area contributed by atoms with Gasteiger partial charge in [0.1, 0.15) is 0 Å². The Bertz CT molecular complexity index is 671. The van der Waals surface area contributed by atoms with Gasteiger partial charge in [-0.2, -0.15) is 4.68 Å². The Balaban J connectivity index is 1.77. The predicted molar refractivity (Wildman–Crippen MR) is 88.9 cm³/mol. The van der Waals surface area contributed by atoms with Gasteiger partial charge in [0.05, 0.1) is 18.8 Å². The van der Waals surface area contributed by atoms with Crippen LogP contribution >= 0.6 is 11.6 Å². The largest absolute Gasteiger partial charge is 0.324 e. The molecule has 5 nitrogen and oxygen atoms in total. The van der Waals surface area contributed by atoms with Gasteiger partial charge in [0.2, 0.25) is 5.82 Å². The molecule has 122 valence electrons. The zero-order valence-electron chi connectivity index (χ0n) is 13.3. The van der Waals surface area contributed by atoms with Crippen LogP contribution in [0.15, 0.2) is 24.3 Å². The van der Waals surface area contributed by atoms with Gasteiger partial charge in [0.25, 0.3) is 0 Å². The first kappa shape index (κ1) is 15.1. The van der Waals surface area contributed by atoms with Crippen LogP contribution < -0.4 is 4.90 Å². The number of nitrogens with one attached hydrogen (secondary N) is 1. The minimum absolute atomic E-state index is 0.0756. The van der Waals surface area contributed by atoms with E-state index in [1.807, 2.05) is 28.9 Å². The Morgan fingerprint density at radius 2 is 1.83 bits per heavy atom. The molecule has 0 amide bonds. The van der Waals surface area contributed by atoms with Crippen LogP contribution in [-0.2, 0) is 5.54 Å². The molecule has 1 aliphatic carbocycles. The molecule has 6 heteroatoms. The number of hydrogen-bond donors (Lipinski definition) is 1. The molecule has 0 radical (unpaired) electrons. The molecule has 2 aromatic rings. The Hall–Kier alpha value is -1.46. The zero-order chi connectivity index (χ0) is 15.7. The summed E-state index contributed by atoms with van der Waals surface area (Å²) >= 11 is 6.17. The van der Waals surface area contributed by atoms with Crippen LogP contribution in [0.2, 0.25) is 5.02 Å². The summed E-state index contributed by atoms with van der Waals surface area (Å²) in [7, 11) is 0. The molecular weight excluding hydrogens is 310 g/mol. The summed E-state index contributed by atoms with van der Waals surface area (Å²) < 4.78 is 1.92. The van der Waals surface area contributed by atoms with Gasteiger partial charge in [0, 0.05) is 17.9 Å². The number of halogens is 1. The van der Waals surface area contributed by atoms with Crippen molar-refractivity contribution in [1.29, 1.82) is 0 Å². The number of quaternary nitrogens is 1. The van der Waals surface area contributed by atoms with Crippen molar-refractivity contribution in [1.82, 2.24) is 20.2 Å². The van der Waals surface area contributed by atoms with E-state index < -0.39 is 0 Å². The van der Waals surface area contributed by atoms with Crippen molar-refractivity contribution in [2.45, 2.75) is 50.5 Å². The van der Waals surface area contributed by atoms with E-state index in [0.717, 1.165) is 16.5 Å². The second kappa shape index (κ2) is 6.21. The first-order valence-electron chi connectivity index (χ1n) is 8.70. The Morgan fingerprint density at radius 3 is 2.57 bits per heavy atom. The topological polar surface area (TPSA) is 48.0 Å². The quantitative estimate of drug-likeness (QED) is 0.937. The highest BCUT2D eigenvalue weighted by atomic mass is 35.5. The predicted octanol–water partition coefficient (Wildman–Crippen LogP) is 2.15. The Labute approximate surface area is 141 Å². The molecule has 4 rings (SSSR count). The van der Waals surface area contributed by atoms with E-state index in [-0.39, 0.29) is 5.54 Å². The lowest BCUT2D eigenvalue weighted by Crippen LogP contribution is -3.19. The van der Waals surface area contributed by atoms with Crippen LogP contribution in [0.3, 0.4) is 0 Å². The lowest BCUT2D eigenvalue weighted by molar-refractivity contribution is -0.966. The lowest BCUT2D eigenvalue weighted by atomic mass is 9.91. The third-order valence-electron chi connectivity index (χ3n) is 5.54. The van der Waals surface area contributed by atoms with E-state index in [0.29, 0.717) is 0 Å². The number of piperidine rings is 1. The van der Waals surface area contributed by atoms with Crippen molar-refractivity contribution < 1.29 is 4.90 Å². The Kier molecular flexibility index (Phi) is 4.07. The van der Waals surface area contributed by atoms with Gasteiger partial charge in [-0.15, -0.1) is 5.10 Å². The highest BCUT2D eigenvalue weighted by Crippen LogP contribution is 2.36. The van der Waals surface area contributed by atoms with Crippen LogP contribution in [0.25, 0.3) is 5.69 Å². The van der Waals surface area contributed by atoms with Gasteiger partial charge >= 0.3 is 0 Å². The molecule has 1 aromatic heterocycles. The van der Waals surface area contributed by atoms with Crippen molar-refractivity contribution in [3.63, 3.8) is 0 Å². The lowest BCUT2D eigenvalue weighted by Gasteiger charge is -2.39. The highest BCUT2D eigenvalue weighted by Gasteiger charge is 2.49. The van der Waals surface area contributed by atoms with E-state index in [1.165, 1.54) is 58.0 Å². The molecule has 2 fully saturated rings. The maximum Gasteiger partial charge on any atom is 0.217 e. The molecule has 2 aliphatic rings. The summed E-state index contributed by atoms with van der Waals surface area (Å²) in [4.78, 5) is 1.68. The number of hydrogen-bond acceptors (Lipinski definition) is 3. The number of aromatic nitrogens is 4. The van der Waals surface area contributed by atoms with Crippen LogP contribution in [0.1, 0.15) is 50.8 Å². The standard InChI is InChI=1S/C17H22ClN5/c18-14-7-6-8-15(13-14)23-16(19-20-21-23)17(9-2-3-10-17)22-11-4-1-5-12-22/h6-8,13H,1-5,9-12H2/p+1. The average Bonchev–Trinajstić information content (AvgIpc) is 3.26. The molecule has 0 atom stereocenters. The van der Waals surface area contributed by atoms with Gasteiger partial charge in [-0.1, -0.05) is 17.7 Å². The summed E-state index contributed by atoms with van der Waals surface area (Å²) in [6, 6.07) is 7.81. The number of likely N-dealkylation sites (tertiary alicyclic amines) is 1. The maximum absolute atomic E-state index is 6.17. The van der Waals surface area contributed by atoms with Gasteiger partial charge in [0.15, 0.2) is 5.54 Å². The van der Waals surface area contributed by atoms with E-state index in [9.17, 15) is 0 Å². The Morgan fingerprint density at radius 1 is 1.04 bits per heavy atom. The van der Waals surface area contributed by atoms with Gasteiger partial charge in [-0.25, -0.2) is 0 Å². The fourth-order valence-corrected chi connectivity index (χ4v) is 4.62. The second-order valence-electron chi connectivity index (χ2n) is 6.85. The van der Waals surface area contributed by atoms with E-state index in [2.05, 4.69) is 15.5 Å². The van der Waals surface area contributed by atoms with Crippen molar-refractivity contribution in [3.05, 3.63) is 35.1 Å². The van der Waals surface area contributed by atoms with Crippen LogP contribution in [-0.4, -0.2) is 33.3 Å². The first-order valence-corrected chi connectivity index (χ1v) is 9.07. The summed E-state index contributed by atoms with van der Waals surface area (Å²) in [6.07, 6.45) is 8.90. The van der Waals surface area contributed by atoms with Crippen molar-refractivity contribution in [2.24, 2.45) is 0 Å². The molecular formula is C17H23ClN5+. The minimum Gasteiger partial charge on any atom is -0.324 e. The molecule has 0 unspecified atom stereocenters. The number of nitrogens with zero attached hydrogens (tertiary/aromatic N) is 4. The maximum atomic E-state index is 6.17. The molecule has 1 aromatic carbocycles. The van der Waals surface area contributed by atoms with Gasteiger partial charge < -0.3 is 4.90 Å². The zero-order valence-corrected chi connectivity index (χ0v) is 14.1. The summed E-state index contributed by atoms with van der Waals surface area (Å²) in [5.41, 5.74) is 1.03. The van der Waals surface area contributed by atoms with Gasteiger partial charge in [-0.3, -0.25) is 0 Å². The van der Waals surface area contributed by atoms with Gasteiger partial charge in [-0.05, 0) is 60.7 Å². The third-order valence-corrected chi connectivity index (χ3v) is 5.78.